The first-order chi connectivity index (χ1) is 14.1. The number of hydrogen-bond donors (Lipinski definition) is 2. The van der Waals surface area contributed by atoms with E-state index in [0.29, 0.717) is 0 Å². The van der Waals surface area contributed by atoms with Crippen LogP contribution in [0.3, 0.4) is 0 Å². The van der Waals surface area contributed by atoms with Crippen molar-refractivity contribution in [1.82, 2.24) is 10.7 Å². The van der Waals surface area contributed by atoms with Crippen molar-refractivity contribution < 1.29 is 9.59 Å². The number of carbonyl (C=O) groups is 2. The van der Waals surface area contributed by atoms with E-state index in [1.807, 2.05) is 84.9 Å². The number of hydrazone groups is 1. The van der Waals surface area contributed by atoms with Gasteiger partial charge >= 0.3 is 0 Å². The molecule has 0 atom stereocenters. The first-order valence-electron chi connectivity index (χ1n) is 9.08. The summed E-state index contributed by atoms with van der Waals surface area (Å²) in [6, 6.07) is 26.5. The lowest BCUT2D eigenvalue weighted by Gasteiger charge is -2.17. The van der Waals surface area contributed by atoms with Crippen LogP contribution in [0.15, 0.2) is 94.5 Å². The van der Waals surface area contributed by atoms with Crippen molar-refractivity contribution in [2.24, 2.45) is 5.10 Å². The number of halogens is 1. The number of nitrogens with one attached hydrogen (secondary N) is 2. The van der Waals surface area contributed by atoms with E-state index in [1.165, 1.54) is 0 Å². The lowest BCUT2D eigenvalue weighted by molar-refractivity contribution is -0.126. The first-order valence-corrected chi connectivity index (χ1v) is 9.88. The Hall–Kier alpha value is -3.25. The molecule has 0 saturated heterocycles. The zero-order valence-corrected chi connectivity index (χ0v) is 17.2. The average Bonchev–Trinajstić information content (AvgIpc) is 2.74. The smallest absolute Gasteiger partial charge is 0.259 e. The fourth-order valence-electron chi connectivity index (χ4n) is 2.86. The molecule has 3 aromatic carbocycles. The molecule has 0 saturated carbocycles. The Morgan fingerprint density at radius 3 is 2.10 bits per heavy atom. The quantitative estimate of drug-likeness (QED) is 0.424. The van der Waals surface area contributed by atoms with Crippen molar-refractivity contribution in [1.29, 1.82) is 0 Å². The molecule has 2 N–H and O–H groups in total. The standard InChI is InChI=1S/C23H20BrN3O2/c24-20-13-7-8-17(14-20)15-26-27-21(28)16-25-23(29)22(18-9-3-1-4-10-18)19-11-5-2-6-12-19/h1-15,22H,16H2,(H,25,29)(H,27,28)/b26-15+. The van der Waals surface area contributed by atoms with Crippen molar-refractivity contribution in [2.75, 3.05) is 6.54 Å². The van der Waals surface area contributed by atoms with Gasteiger partial charge in [0.1, 0.15) is 0 Å². The van der Waals surface area contributed by atoms with Gasteiger partial charge in [-0.1, -0.05) is 88.7 Å². The Balaban J connectivity index is 1.60. The molecule has 0 unspecified atom stereocenters. The Bertz CT molecular complexity index is 952. The maximum atomic E-state index is 12.8. The molecule has 0 spiro atoms. The molecule has 0 aliphatic carbocycles. The monoisotopic (exact) mass is 449 g/mol. The van der Waals surface area contributed by atoms with Gasteiger partial charge in [0.25, 0.3) is 5.91 Å². The molecule has 0 aliphatic heterocycles. The van der Waals surface area contributed by atoms with Crippen molar-refractivity contribution in [2.45, 2.75) is 5.92 Å². The van der Waals surface area contributed by atoms with Crippen LogP contribution in [-0.4, -0.2) is 24.6 Å². The van der Waals surface area contributed by atoms with Crippen molar-refractivity contribution in [3.8, 4) is 0 Å². The van der Waals surface area contributed by atoms with Gasteiger partial charge in [0.15, 0.2) is 0 Å². The third-order valence-corrected chi connectivity index (χ3v) is 4.70. The second-order valence-electron chi connectivity index (χ2n) is 6.32. The van der Waals surface area contributed by atoms with Crippen LogP contribution in [0.5, 0.6) is 0 Å². The first kappa shape index (κ1) is 20.5. The van der Waals surface area contributed by atoms with Crippen molar-refractivity contribution in [3.05, 3.63) is 106 Å². The molecule has 0 bridgehead atoms. The highest BCUT2D eigenvalue weighted by Crippen LogP contribution is 2.24. The zero-order chi connectivity index (χ0) is 20.5. The number of hydrogen-bond acceptors (Lipinski definition) is 3. The highest BCUT2D eigenvalue weighted by atomic mass is 79.9. The summed E-state index contributed by atoms with van der Waals surface area (Å²) in [6.07, 6.45) is 1.54. The predicted molar refractivity (Wildman–Crippen MR) is 118 cm³/mol. The van der Waals surface area contributed by atoms with Crippen molar-refractivity contribution >= 4 is 34.0 Å². The largest absolute Gasteiger partial charge is 0.346 e. The van der Waals surface area contributed by atoms with Gasteiger partial charge in [-0.3, -0.25) is 9.59 Å². The summed E-state index contributed by atoms with van der Waals surface area (Å²) in [4.78, 5) is 24.9. The summed E-state index contributed by atoms with van der Waals surface area (Å²) in [5.74, 6) is -1.13. The Morgan fingerprint density at radius 1 is 0.897 bits per heavy atom. The maximum absolute atomic E-state index is 12.8. The van der Waals surface area contributed by atoms with Crippen LogP contribution in [0.2, 0.25) is 0 Å². The minimum Gasteiger partial charge on any atom is -0.346 e. The summed E-state index contributed by atoms with van der Waals surface area (Å²) in [6.45, 7) is -0.162. The number of amides is 2. The van der Waals surface area contributed by atoms with Gasteiger partial charge in [-0.15, -0.1) is 0 Å². The summed E-state index contributed by atoms with van der Waals surface area (Å²) in [5.41, 5.74) is 5.00. The minimum absolute atomic E-state index is 0.162. The molecule has 3 rings (SSSR count). The van der Waals surface area contributed by atoms with E-state index in [0.717, 1.165) is 21.2 Å². The Labute approximate surface area is 178 Å². The number of nitrogens with zero attached hydrogens (tertiary/aromatic N) is 1. The summed E-state index contributed by atoms with van der Waals surface area (Å²) >= 11 is 3.38. The van der Waals surface area contributed by atoms with Crippen LogP contribution >= 0.6 is 15.9 Å². The third-order valence-electron chi connectivity index (χ3n) is 4.20. The lowest BCUT2D eigenvalue weighted by atomic mass is 9.90. The highest BCUT2D eigenvalue weighted by molar-refractivity contribution is 9.10. The van der Waals surface area contributed by atoms with Crippen LogP contribution in [0.4, 0.5) is 0 Å². The van der Waals surface area contributed by atoms with E-state index in [1.54, 1.807) is 6.21 Å². The number of benzene rings is 3. The van der Waals surface area contributed by atoms with E-state index in [9.17, 15) is 9.59 Å². The summed E-state index contributed by atoms with van der Waals surface area (Å²) < 4.78 is 0.924. The molecule has 3 aromatic rings. The molecule has 0 aromatic heterocycles. The molecule has 0 radical (unpaired) electrons. The van der Waals surface area contributed by atoms with Crippen LogP contribution in [0, 0.1) is 0 Å². The van der Waals surface area contributed by atoms with Crippen LogP contribution < -0.4 is 10.7 Å². The molecule has 2 amide bonds. The summed E-state index contributed by atoms with van der Waals surface area (Å²) in [7, 11) is 0. The van der Waals surface area contributed by atoms with Crippen molar-refractivity contribution in [3.63, 3.8) is 0 Å². The van der Waals surface area contributed by atoms with Gasteiger partial charge in [-0.25, -0.2) is 5.43 Å². The zero-order valence-electron chi connectivity index (χ0n) is 15.6. The van der Waals surface area contributed by atoms with E-state index >= 15 is 0 Å². The SMILES string of the molecule is O=C(CNC(=O)C(c1ccccc1)c1ccccc1)N/N=C/c1cccc(Br)c1. The Morgan fingerprint density at radius 2 is 1.52 bits per heavy atom. The molecule has 146 valence electrons. The molecular weight excluding hydrogens is 430 g/mol. The van der Waals surface area contributed by atoms with Gasteiger partial charge < -0.3 is 5.32 Å². The van der Waals surface area contributed by atoms with E-state index in [4.69, 9.17) is 0 Å². The van der Waals surface area contributed by atoms with E-state index < -0.39 is 11.8 Å². The molecular formula is C23H20BrN3O2. The second kappa shape index (κ2) is 10.3. The van der Waals surface area contributed by atoms with E-state index in [-0.39, 0.29) is 12.5 Å². The molecule has 0 fully saturated rings. The van der Waals surface area contributed by atoms with Gasteiger partial charge in [0, 0.05) is 4.47 Å². The van der Waals surface area contributed by atoms with Crippen LogP contribution in [-0.2, 0) is 9.59 Å². The normalized spacial score (nSPS) is 10.8. The maximum Gasteiger partial charge on any atom is 0.259 e. The lowest BCUT2D eigenvalue weighted by Crippen LogP contribution is -2.37. The van der Waals surface area contributed by atoms with Gasteiger partial charge in [0.2, 0.25) is 5.91 Å². The summed E-state index contributed by atoms with van der Waals surface area (Å²) in [5, 5.41) is 6.63. The van der Waals surface area contributed by atoms with E-state index in [2.05, 4.69) is 31.8 Å². The predicted octanol–water partition coefficient (Wildman–Crippen LogP) is 3.85. The fourth-order valence-corrected chi connectivity index (χ4v) is 3.28. The van der Waals surface area contributed by atoms with Gasteiger partial charge in [-0.2, -0.15) is 5.10 Å². The fraction of sp³-hybridized carbons (Fsp3) is 0.0870. The molecule has 0 heterocycles. The topological polar surface area (TPSA) is 70.6 Å². The molecule has 5 nitrogen and oxygen atoms in total. The van der Waals surface area contributed by atoms with Crippen LogP contribution in [0.1, 0.15) is 22.6 Å². The van der Waals surface area contributed by atoms with Crippen LogP contribution in [0.25, 0.3) is 0 Å². The average molecular weight is 450 g/mol. The molecule has 6 heteroatoms. The molecule has 29 heavy (non-hydrogen) atoms. The second-order valence-corrected chi connectivity index (χ2v) is 7.24. The minimum atomic E-state index is -0.490. The van der Waals surface area contributed by atoms with Gasteiger partial charge in [0.05, 0.1) is 18.7 Å². The third kappa shape index (κ3) is 6.12. The Kier molecular flexibility index (Phi) is 7.30. The number of rotatable bonds is 7. The highest BCUT2D eigenvalue weighted by Gasteiger charge is 2.22. The van der Waals surface area contributed by atoms with Gasteiger partial charge in [-0.05, 0) is 28.8 Å². The molecule has 0 aliphatic rings. The number of carbonyl (C=O) groups excluding carboxylic acids is 2.